The number of aromatic nitrogens is 1. The normalized spacial score (nSPS) is 11.3. The average Bonchev–Trinajstić information content (AvgIpc) is 2.41. The van der Waals surface area contributed by atoms with Crippen LogP contribution in [0.1, 0.15) is 5.56 Å². The molecule has 0 amide bonds. The number of nitrogens with one attached hydrogen (secondary N) is 1. The van der Waals surface area contributed by atoms with Gasteiger partial charge in [-0.3, -0.25) is 4.72 Å². The first-order valence-corrected chi connectivity index (χ1v) is 8.21. The lowest BCUT2D eigenvalue weighted by atomic mass is 10.2. The number of nitrogens with zero attached hydrogens (tertiary/aromatic N) is 1. The number of sulfonamides is 1. The van der Waals surface area contributed by atoms with Crippen LogP contribution >= 0.6 is 27.5 Å². The molecule has 0 unspecified atom stereocenters. The molecule has 0 spiro atoms. The van der Waals surface area contributed by atoms with Crippen molar-refractivity contribution < 1.29 is 8.42 Å². The van der Waals surface area contributed by atoms with Crippen molar-refractivity contribution in [3.05, 3.63) is 51.6 Å². The van der Waals surface area contributed by atoms with E-state index in [1.54, 1.807) is 24.3 Å². The Bertz CT molecular complexity index is 737. The van der Waals surface area contributed by atoms with Gasteiger partial charge in [0, 0.05) is 17.2 Å². The standard InChI is InChI=1S/C12H11BrClN3O2S/c13-9-4-3-8(7-15)6-11(9)20(18,19)17-12-10(14)2-1-5-16-12/h1-6H,7,15H2,(H,16,17). The van der Waals surface area contributed by atoms with Gasteiger partial charge in [0.2, 0.25) is 0 Å². The fourth-order valence-corrected chi connectivity index (χ4v) is 3.79. The molecule has 8 heteroatoms. The molecule has 0 radical (unpaired) electrons. The molecule has 3 N–H and O–H groups in total. The Balaban J connectivity index is 2.43. The summed E-state index contributed by atoms with van der Waals surface area (Å²) in [5.41, 5.74) is 6.23. The second-order valence-electron chi connectivity index (χ2n) is 3.91. The molecule has 0 aliphatic rings. The number of nitrogens with two attached hydrogens (primary N) is 1. The monoisotopic (exact) mass is 375 g/mol. The molecule has 0 atom stereocenters. The zero-order valence-electron chi connectivity index (χ0n) is 10.2. The third kappa shape index (κ3) is 3.29. The molecular formula is C12H11BrClN3O2S. The van der Waals surface area contributed by atoms with Crippen molar-refractivity contribution in [3.8, 4) is 0 Å². The minimum Gasteiger partial charge on any atom is -0.326 e. The van der Waals surface area contributed by atoms with Crippen molar-refractivity contribution in [2.24, 2.45) is 5.73 Å². The number of halogens is 2. The smallest absolute Gasteiger partial charge is 0.264 e. The van der Waals surface area contributed by atoms with E-state index in [0.717, 1.165) is 0 Å². The zero-order valence-corrected chi connectivity index (χ0v) is 13.3. The summed E-state index contributed by atoms with van der Waals surface area (Å²) < 4.78 is 27.5. The van der Waals surface area contributed by atoms with Gasteiger partial charge in [0.25, 0.3) is 10.0 Å². The maximum atomic E-state index is 12.4. The van der Waals surface area contributed by atoms with Crippen LogP contribution in [0.15, 0.2) is 45.9 Å². The second kappa shape index (κ2) is 6.09. The van der Waals surface area contributed by atoms with Gasteiger partial charge in [-0.15, -0.1) is 0 Å². The summed E-state index contributed by atoms with van der Waals surface area (Å²) in [7, 11) is -3.80. The average molecular weight is 377 g/mol. The first kappa shape index (κ1) is 15.2. The quantitative estimate of drug-likeness (QED) is 0.859. The number of anilines is 1. The Labute approximate surface area is 130 Å². The molecule has 2 rings (SSSR count). The van der Waals surface area contributed by atoms with Gasteiger partial charge in [-0.1, -0.05) is 17.7 Å². The minimum atomic E-state index is -3.80. The summed E-state index contributed by atoms with van der Waals surface area (Å²) in [4.78, 5) is 3.98. The highest BCUT2D eigenvalue weighted by Crippen LogP contribution is 2.27. The molecule has 0 saturated carbocycles. The van der Waals surface area contributed by atoms with Crippen LogP contribution in [0.2, 0.25) is 5.02 Å². The summed E-state index contributed by atoms with van der Waals surface area (Å²) in [5, 5.41) is 0.224. The van der Waals surface area contributed by atoms with Gasteiger partial charge < -0.3 is 5.73 Å². The summed E-state index contributed by atoms with van der Waals surface area (Å²) in [5.74, 6) is 0.0826. The van der Waals surface area contributed by atoms with Gasteiger partial charge in [-0.25, -0.2) is 13.4 Å². The minimum absolute atomic E-state index is 0.0826. The molecule has 106 valence electrons. The van der Waals surface area contributed by atoms with Gasteiger partial charge in [-0.05, 0) is 45.8 Å². The van der Waals surface area contributed by atoms with E-state index >= 15 is 0 Å². The Kier molecular flexibility index (Phi) is 4.64. The fraction of sp³-hybridized carbons (Fsp3) is 0.0833. The van der Waals surface area contributed by atoms with Crippen LogP contribution in [-0.2, 0) is 16.6 Å². The number of benzene rings is 1. The molecule has 20 heavy (non-hydrogen) atoms. The third-order valence-electron chi connectivity index (χ3n) is 2.51. The Hall–Kier alpha value is -1.15. The molecule has 0 aliphatic carbocycles. The van der Waals surface area contributed by atoms with Crippen molar-refractivity contribution >= 4 is 43.4 Å². The molecule has 1 aromatic heterocycles. The first-order chi connectivity index (χ1) is 9.44. The molecule has 0 bridgehead atoms. The first-order valence-electron chi connectivity index (χ1n) is 5.56. The predicted molar refractivity (Wildman–Crippen MR) is 82.1 cm³/mol. The van der Waals surface area contributed by atoms with Crippen molar-refractivity contribution in [2.75, 3.05) is 4.72 Å². The van der Waals surface area contributed by atoms with Gasteiger partial charge in [0.05, 0.1) is 5.02 Å². The number of hydrogen-bond donors (Lipinski definition) is 2. The zero-order chi connectivity index (χ0) is 14.8. The summed E-state index contributed by atoms with van der Waals surface area (Å²) in [6.45, 7) is 0.250. The van der Waals surface area contributed by atoms with E-state index < -0.39 is 10.0 Å². The molecule has 2 aromatic rings. The highest BCUT2D eigenvalue weighted by Gasteiger charge is 2.19. The number of hydrogen-bond acceptors (Lipinski definition) is 4. The Morgan fingerprint density at radius 1 is 1.35 bits per heavy atom. The van der Waals surface area contributed by atoms with Gasteiger partial charge in [0.1, 0.15) is 4.90 Å². The topological polar surface area (TPSA) is 85.1 Å². The van der Waals surface area contributed by atoms with Gasteiger partial charge >= 0.3 is 0 Å². The number of rotatable bonds is 4. The molecule has 0 aliphatic heterocycles. The van der Waals surface area contributed by atoms with Crippen molar-refractivity contribution in [2.45, 2.75) is 11.4 Å². The van der Waals surface area contributed by atoms with Crippen LogP contribution in [0, 0.1) is 0 Å². The van der Waals surface area contributed by atoms with Crippen LogP contribution in [0.3, 0.4) is 0 Å². The maximum Gasteiger partial charge on any atom is 0.264 e. The van der Waals surface area contributed by atoms with Crippen molar-refractivity contribution in [1.29, 1.82) is 0 Å². The lowest BCUT2D eigenvalue weighted by Crippen LogP contribution is -2.15. The van der Waals surface area contributed by atoms with E-state index in [4.69, 9.17) is 17.3 Å². The van der Waals surface area contributed by atoms with Crippen LogP contribution in [0.5, 0.6) is 0 Å². The van der Waals surface area contributed by atoms with Gasteiger partial charge in [0.15, 0.2) is 5.82 Å². The lowest BCUT2D eigenvalue weighted by Gasteiger charge is -2.11. The second-order valence-corrected chi connectivity index (χ2v) is 6.82. The number of pyridine rings is 1. The SMILES string of the molecule is NCc1ccc(Br)c(S(=O)(=O)Nc2ncccc2Cl)c1. The van der Waals surface area contributed by atoms with Crippen molar-refractivity contribution in [1.82, 2.24) is 4.98 Å². The van der Waals surface area contributed by atoms with Crippen LogP contribution < -0.4 is 10.5 Å². The van der Waals surface area contributed by atoms with E-state index in [2.05, 4.69) is 25.6 Å². The van der Waals surface area contributed by atoms with E-state index in [9.17, 15) is 8.42 Å². The van der Waals surface area contributed by atoms with E-state index in [0.29, 0.717) is 10.0 Å². The van der Waals surface area contributed by atoms with E-state index in [1.807, 2.05) is 0 Å². The van der Waals surface area contributed by atoms with Crippen LogP contribution in [0.4, 0.5) is 5.82 Å². The highest BCUT2D eigenvalue weighted by atomic mass is 79.9. The largest absolute Gasteiger partial charge is 0.326 e. The molecule has 5 nitrogen and oxygen atoms in total. The van der Waals surface area contributed by atoms with Crippen molar-refractivity contribution in [3.63, 3.8) is 0 Å². The van der Waals surface area contributed by atoms with E-state index in [1.165, 1.54) is 12.3 Å². The fourth-order valence-electron chi connectivity index (χ4n) is 1.52. The summed E-state index contributed by atoms with van der Waals surface area (Å²) in [6.07, 6.45) is 1.45. The Morgan fingerprint density at radius 2 is 2.10 bits per heavy atom. The molecule has 0 fully saturated rings. The summed E-state index contributed by atoms with van der Waals surface area (Å²) in [6, 6.07) is 8.06. The lowest BCUT2D eigenvalue weighted by molar-refractivity contribution is 0.600. The molecule has 1 aromatic carbocycles. The molecule has 0 saturated heterocycles. The maximum absolute atomic E-state index is 12.4. The van der Waals surface area contributed by atoms with Crippen LogP contribution in [0.25, 0.3) is 0 Å². The van der Waals surface area contributed by atoms with Gasteiger partial charge in [-0.2, -0.15) is 0 Å². The highest BCUT2D eigenvalue weighted by molar-refractivity contribution is 9.10. The molecule has 1 heterocycles. The van der Waals surface area contributed by atoms with Crippen LogP contribution in [-0.4, -0.2) is 13.4 Å². The summed E-state index contributed by atoms with van der Waals surface area (Å²) >= 11 is 9.11. The Morgan fingerprint density at radius 3 is 2.75 bits per heavy atom. The molecular weight excluding hydrogens is 366 g/mol. The predicted octanol–water partition coefficient (Wildman–Crippen LogP) is 2.76. The van der Waals surface area contributed by atoms with E-state index in [-0.39, 0.29) is 22.3 Å². The third-order valence-corrected chi connectivity index (χ3v) is 5.15.